The summed E-state index contributed by atoms with van der Waals surface area (Å²) in [7, 11) is 0. The van der Waals surface area contributed by atoms with Crippen molar-refractivity contribution >= 4 is 46.4 Å². The molecule has 1 heterocycles. The number of hydrogen-bond donors (Lipinski definition) is 0. The van der Waals surface area contributed by atoms with Crippen molar-refractivity contribution in [2.75, 3.05) is 6.61 Å². The Hall–Kier alpha value is 0.720. The van der Waals surface area contributed by atoms with Crippen LogP contribution in [0.4, 0.5) is 17.7 Å². The molecular formula is C8H8Cl4F4O4. The van der Waals surface area contributed by atoms with Gasteiger partial charge in [0.25, 0.3) is 14.9 Å². The average Bonchev–Trinajstić information content (AvgIpc) is 2.46. The Labute approximate surface area is 131 Å². The van der Waals surface area contributed by atoms with Gasteiger partial charge in [0.15, 0.2) is 0 Å². The van der Waals surface area contributed by atoms with Crippen LogP contribution in [0.1, 0.15) is 13.8 Å². The van der Waals surface area contributed by atoms with E-state index in [9.17, 15) is 17.7 Å². The van der Waals surface area contributed by atoms with Gasteiger partial charge in [0, 0.05) is 13.5 Å². The van der Waals surface area contributed by atoms with Gasteiger partial charge in [0.05, 0.1) is 0 Å². The zero-order valence-electron chi connectivity index (χ0n) is 9.86. The van der Waals surface area contributed by atoms with Crippen molar-refractivity contribution in [3.8, 4) is 0 Å². The molecule has 0 N–H and O–H groups in total. The maximum atomic E-state index is 14.4. The molecule has 1 aliphatic rings. The lowest BCUT2D eigenvalue weighted by Crippen LogP contribution is -2.64. The Morgan fingerprint density at radius 3 is 1.75 bits per heavy atom. The molecular weight excluding hydrogens is 378 g/mol. The highest BCUT2D eigenvalue weighted by molar-refractivity contribution is 6.61. The molecule has 0 radical (unpaired) electrons. The molecule has 0 aromatic carbocycles. The molecule has 0 aliphatic carbocycles. The summed E-state index contributed by atoms with van der Waals surface area (Å²) in [6, 6.07) is 0. The van der Waals surface area contributed by atoms with Crippen molar-refractivity contribution in [3.05, 3.63) is 0 Å². The van der Waals surface area contributed by atoms with E-state index in [1.165, 1.54) is 6.92 Å². The first kappa shape index (κ1) is 18.8. The standard InChI is InChI=1S/C8H8Cl4F4O4/c1-3-17-4(2,13)5(8(14,15)20-16)18-6(9,10)7(11,12)19-5/h3H2,1-2H3. The van der Waals surface area contributed by atoms with Crippen LogP contribution < -0.4 is 0 Å². The average molecular weight is 386 g/mol. The molecule has 1 saturated heterocycles. The normalized spacial score (nSPS) is 27.3. The molecule has 12 heteroatoms. The Bertz CT molecular complexity index is 363. The summed E-state index contributed by atoms with van der Waals surface area (Å²) in [5.74, 6) is -7.37. The number of rotatable bonds is 5. The Morgan fingerprint density at radius 2 is 1.45 bits per heavy atom. The van der Waals surface area contributed by atoms with E-state index >= 15 is 0 Å². The fraction of sp³-hybridized carbons (Fsp3) is 1.00. The molecule has 0 bridgehead atoms. The first-order valence-electron chi connectivity index (χ1n) is 4.95. The van der Waals surface area contributed by atoms with Gasteiger partial charge in [-0.05, 0) is 11.4 Å². The van der Waals surface area contributed by atoms with Crippen LogP contribution in [0.25, 0.3) is 0 Å². The van der Waals surface area contributed by atoms with Crippen LogP contribution in [0.15, 0.2) is 0 Å². The quantitative estimate of drug-likeness (QED) is 0.524. The molecule has 0 spiro atoms. The molecule has 0 saturated carbocycles. The highest BCUT2D eigenvalue weighted by Gasteiger charge is 2.82. The van der Waals surface area contributed by atoms with E-state index in [0.29, 0.717) is 6.92 Å². The molecule has 120 valence electrons. The minimum absolute atomic E-state index is 0.418. The van der Waals surface area contributed by atoms with Crippen molar-refractivity contribution < 1.29 is 36.8 Å². The van der Waals surface area contributed by atoms with Crippen LogP contribution >= 0.6 is 46.4 Å². The van der Waals surface area contributed by atoms with Crippen LogP contribution in [0.3, 0.4) is 0 Å². The lowest BCUT2D eigenvalue weighted by molar-refractivity contribution is -0.500. The third kappa shape index (κ3) is 2.69. The van der Waals surface area contributed by atoms with Gasteiger partial charge in [-0.15, -0.1) is 4.94 Å². The van der Waals surface area contributed by atoms with Gasteiger partial charge in [-0.3, -0.25) is 9.47 Å². The molecule has 1 aliphatic heterocycles. The van der Waals surface area contributed by atoms with Crippen LogP contribution in [0.5, 0.6) is 0 Å². The largest absolute Gasteiger partial charge is 0.445 e. The Morgan fingerprint density at radius 1 is 1.05 bits per heavy atom. The SMILES string of the molecule is CCOC(C)(F)C1(C(F)(F)OF)OC(Cl)(Cl)C(Cl)(Cl)O1. The van der Waals surface area contributed by atoms with Crippen LogP contribution in [0, 0.1) is 0 Å². The van der Waals surface area contributed by atoms with Gasteiger partial charge in [-0.25, -0.2) is 4.39 Å². The Kier molecular flexibility index (Phi) is 5.08. The predicted octanol–water partition coefficient (Wildman–Crippen LogP) is 4.21. The van der Waals surface area contributed by atoms with Gasteiger partial charge in [0.2, 0.25) is 0 Å². The summed E-state index contributed by atoms with van der Waals surface area (Å²) < 4.78 is 61.2. The molecule has 4 nitrogen and oxygen atoms in total. The molecule has 1 atom stereocenters. The second-order valence-electron chi connectivity index (χ2n) is 3.80. The van der Waals surface area contributed by atoms with Crippen LogP contribution in [0.2, 0.25) is 0 Å². The maximum Gasteiger partial charge on any atom is 0.445 e. The van der Waals surface area contributed by atoms with Gasteiger partial charge in [0.1, 0.15) is 0 Å². The topological polar surface area (TPSA) is 36.9 Å². The van der Waals surface area contributed by atoms with Crippen LogP contribution in [-0.2, 0) is 19.2 Å². The van der Waals surface area contributed by atoms with Crippen molar-refractivity contribution in [2.24, 2.45) is 0 Å². The van der Waals surface area contributed by atoms with Gasteiger partial charge < -0.3 is 4.74 Å². The molecule has 1 fully saturated rings. The summed E-state index contributed by atoms with van der Waals surface area (Å²) in [6.45, 7) is 1.29. The zero-order valence-corrected chi connectivity index (χ0v) is 12.9. The molecule has 20 heavy (non-hydrogen) atoms. The maximum absolute atomic E-state index is 14.4. The first-order chi connectivity index (χ1) is 8.79. The summed E-state index contributed by atoms with van der Waals surface area (Å²) >= 11 is 21.7. The number of ether oxygens (including phenoxy) is 3. The van der Waals surface area contributed by atoms with E-state index in [2.05, 4.69) is 19.2 Å². The second-order valence-corrected chi connectivity index (χ2v) is 6.31. The highest BCUT2D eigenvalue weighted by Crippen LogP contribution is 2.62. The lowest BCUT2D eigenvalue weighted by Gasteiger charge is -2.39. The lowest BCUT2D eigenvalue weighted by atomic mass is 10.1. The smallest absolute Gasteiger partial charge is 0.342 e. The van der Waals surface area contributed by atoms with Gasteiger partial charge in [-0.2, -0.15) is 8.78 Å². The molecule has 0 aromatic rings. The molecule has 0 aromatic heterocycles. The zero-order chi connectivity index (χ0) is 16.0. The van der Waals surface area contributed by atoms with E-state index < -0.39 is 33.4 Å². The fourth-order valence-corrected chi connectivity index (χ4v) is 2.07. The number of halogens is 8. The second kappa shape index (κ2) is 5.42. The van der Waals surface area contributed by atoms with E-state index in [0.717, 1.165) is 0 Å². The van der Waals surface area contributed by atoms with Crippen molar-refractivity contribution in [3.63, 3.8) is 0 Å². The number of hydrogen-bond acceptors (Lipinski definition) is 4. The summed E-state index contributed by atoms with van der Waals surface area (Å²) in [5, 5.41) is 0. The van der Waals surface area contributed by atoms with Crippen molar-refractivity contribution in [2.45, 2.75) is 40.6 Å². The summed E-state index contributed by atoms with van der Waals surface area (Å²) in [5.41, 5.74) is 0. The minimum atomic E-state index is -5.04. The molecule has 1 rings (SSSR count). The minimum Gasteiger partial charge on any atom is -0.342 e. The van der Waals surface area contributed by atoms with Crippen molar-refractivity contribution in [1.29, 1.82) is 0 Å². The van der Waals surface area contributed by atoms with E-state index in [4.69, 9.17) is 46.4 Å². The predicted molar refractivity (Wildman–Crippen MR) is 62.1 cm³/mol. The molecule has 1 unspecified atom stereocenters. The third-order valence-corrected chi connectivity index (χ3v) is 4.13. The monoisotopic (exact) mass is 384 g/mol. The van der Waals surface area contributed by atoms with E-state index in [-0.39, 0.29) is 0 Å². The van der Waals surface area contributed by atoms with Crippen molar-refractivity contribution in [1.82, 2.24) is 0 Å². The van der Waals surface area contributed by atoms with Gasteiger partial charge in [-0.1, -0.05) is 46.4 Å². The van der Waals surface area contributed by atoms with Crippen LogP contribution in [-0.4, -0.2) is 33.4 Å². The van der Waals surface area contributed by atoms with Gasteiger partial charge >= 0.3 is 11.9 Å². The Balaban J connectivity index is 3.41. The first-order valence-corrected chi connectivity index (χ1v) is 6.46. The van der Waals surface area contributed by atoms with E-state index in [1.54, 1.807) is 0 Å². The number of alkyl halides is 7. The third-order valence-electron chi connectivity index (χ3n) is 2.37. The fourth-order valence-electron chi connectivity index (χ4n) is 1.48. The summed E-state index contributed by atoms with van der Waals surface area (Å²) in [6.07, 6.45) is -5.04. The highest BCUT2D eigenvalue weighted by atomic mass is 35.5. The molecule has 0 amide bonds. The summed E-state index contributed by atoms with van der Waals surface area (Å²) in [4.78, 5) is 2.41. The van der Waals surface area contributed by atoms with E-state index in [1.807, 2.05) is 0 Å².